The second kappa shape index (κ2) is 18.0. The molecule has 0 saturated carbocycles. The summed E-state index contributed by atoms with van der Waals surface area (Å²) in [5, 5.41) is 12.9. The minimum Gasteiger partial charge on any atom is -0.507 e. The first kappa shape index (κ1) is 31.6. The van der Waals surface area contributed by atoms with E-state index in [0.717, 1.165) is 38.5 Å². The summed E-state index contributed by atoms with van der Waals surface area (Å²) in [6.07, 6.45) is 4.18. The lowest BCUT2D eigenvalue weighted by Crippen LogP contribution is -2.51. The molecule has 1 aromatic rings. The van der Waals surface area contributed by atoms with Crippen molar-refractivity contribution in [1.82, 2.24) is 15.1 Å². The Balaban J connectivity index is 0.000000844. The first-order valence-electron chi connectivity index (χ1n) is 12.6. The zero-order valence-corrected chi connectivity index (χ0v) is 22.5. The average Bonchev–Trinajstić information content (AvgIpc) is 3.05. The molecule has 34 heavy (non-hydrogen) atoms. The van der Waals surface area contributed by atoms with Gasteiger partial charge in [0.25, 0.3) is 0 Å². The third-order valence-corrected chi connectivity index (χ3v) is 5.69. The number of aromatic hydroxyl groups is 1. The molecular formula is C26H50N6O2. The van der Waals surface area contributed by atoms with Gasteiger partial charge in [-0.05, 0) is 52.1 Å². The molecule has 2 bridgehead atoms. The summed E-state index contributed by atoms with van der Waals surface area (Å²) in [6.45, 7) is 14.4. The quantitative estimate of drug-likeness (QED) is 0.299. The van der Waals surface area contributed by atoms with Crippen LogP contribution >= 0.6 is 0 Å². The van der Waals surface area contributed by atoms with Gasteiger partial charge in [0.1, 0.15) is 11.6 Å². The number of likely N-dealkylation sites (N-methyl/N-ethyl adjacent to an activating group) is 2. The van der Waals surface area contributed by atoms with Crippen LogP contribution in [0.25, 0.3) is 5.70 Å². The van der Waals surface area contributed by atoms with Gasteiger partial charge in [-0.25, -0.2) is 0 Å². The lowest BCUT2D eigenvalue weighted by molar-refractivity contribution is 0.114. The first-order valence-corrected chi connectivity index (χ1v) is 12.6. The minimum absolute atomic E-state index is 0.148. The molecule has 2 fully saturated rings. The Bertz CT molecular complexity index is 716. The maximum atomic E-state index is 9.95. The molecule has 8 nitrogen and oxygen atoms in total. The summed E-state index contributed by atoms with van der Waals surface area (Å²) in [5.41, 5.74) is 19.8. The molecular weight excluding hydrogens is 428 g/mol. The van der Waals surface area contributed by atoms with E-state index >= 15 is 0 Å². The van der Waals surface area contributed by atoms with Crippen molar-refractivity contribution in [2.45, 2.75) is 59.5 Å². The number of allylic oxidation sites excluding steroid dienone is 1. The lowest BCUT2D eigenvalue weighted by Gasteiger charge is -2.40. The van der Waals surface area contributed by atoms with Crippen LogP contribution in [0, 0.1) is 0 Å². The molecule has 0 radical (unpaired) electrons. The van der Waals surface area contributed by atoms with Crippen molar-refractivity contribution in [3.63, 3.8) is 0 Å². The average molecular weight is 479 g/mol. The summed E-state index contributed by atoms with van der Waals surface area (Å²) in [7, 11) is 4.10. The van der Waals surface area contributed by atoms with Gasteiger partial charge in [0, 0.05) is 49.6 Å². The molecule has 8 N–H and O–H groups in total. The molecule has 196 valence electrons. The number of rotatable bonds is 7. The molecule has 2 atom stereocenters. The van der Waals surface area contributed by atoms with Gasteiger partial charge in [-0.15, -0.1) is 0 Å². The summed E-state index contributed by atoms with van der Waals surface area (Å²) in [5.74, 6) is 0.405. The maximum Gasteiger partial charge on any atom is 0.124 e. The van der Waals surface area contributed by atoms with Gasteiger partial charge in [0.15, 0.2) is 0 Å². The third-order valence-electron chi connectivity index (χ3n) is 5.69. The summed E-state index contributed by atoms with van der Waals surface area (Å²) in [6, 6.07) is 8.05. The van der Waals surface area contributed by atoms with E-state index in [1.54, 1.807) is 24.3 Å². The number of piperazine rings is 1. The smallest absolute Gasteiger partial charge is 0.124 e. The van der Waals surface area contributed by atoms with Crippen molar-refractivity contribution in [3.05, 3.63) is 47.4 Å². The molecule has 2 aliphatic heterocycles. The summed E-state index contributed by atoms with van der Waals surface area (Å²) < 4.78 is 5.01. The van der Waals surface area contributed by atoms with Gasteiger partial charge >= 0.3 is 0 Å². The Labute approximate surface area is 207 Å². The zero-order chi connectivity index (χ0) is 26.1. The number of hydrogen-bond acceptors (Lipinski definition) is 8. The predicted molar refractivity (Wildman–Crippen MR) is 145 cm³/mol. The van der Waals surface area contributed by atoms with E-state index in [9.17, 15) is 5.11 Å². The highest BCUT2D eigenvalue weighted by molar-refractivity contribution is 5.69. The monoisotopic (exact) mass is 478 g/mol. The van der Waals surface area contributed by atoms with Crippen LogP contribution in [0.3, 0.4) is 0 Å². The van der Waals surface area contributed by atoms with Crippen molar-refractivity contribution < 1.29 is 9.84 Å². The number of likely N-dealkylation sites (tertiary alicyclic amines) is 1. The van der Waals surface area contributed by atoms with Crippen LogP contribution in [-0.4, -0.2) is 73.9 Å². The largest absolute Gasteiger partial charge is 0.507 e. The Kier molecular flexibility index (Phi) is 16.7. The number of nitrogens with one attached hydrogen (secondary N) is 1. The van der Waals surface area contributed by atoms with Crippen LogP contribution in [0.15, 0.2) is 41.9 Å². The number of phenolic OH excluding ortho intramolecular Hbond substituents is 1. The molecule has 2 unspecified atom stereocenters. The standard InChI is InChI=1S/C17H25N5O.C5H13NO.2C2H6/c1-21-11-6-7-12(21)10-22(9-11)15(17(19)20)8-14(18)13-4-2-3-5-16(13)23;1-3-7-5-4-6-2;2*1-2/h2-5,8,11-12,23H,6-7,9-10,18-20H2,1H3;6H,3-5H2,1-2H3;2*1-2H3/b14-8-;;;. The summed E-state index contributed by atoms with van der Waals surface area (Å²) in [4.78, 5) is 4.65. The Hall–Kier alpha value is -2.42. The number of ether oxygens (including phenoxy) is 1. The topological polar surface area (TPSA) is 126 Å². The highest BCUT2D eigenvalue weighted by Gasteiger charge is 2.38. The Morgan fingerprint density at radius 3 is 2.12 bits per heavy atom. The molecule has 0 amide bonds. The van der Waals surface area contributed by atoms with Crippen LogP contribution in [-0.2, 0) is 4.74 Å². The Morgan fingerprint density at radius 2 is 1.65 bits per heavy atom. The van der Waals surface area contributed by atoms with Crippen LogP contribution in [0.4, 0.5) is 0 Å². The van der Waals surface area contributed by atoms with Gasteiger partial charge in [0.05, 0.1) is 12.3 Å². The van der Waals surface area contributed by atoms with Crippen molar-refractivity contribution in [2.75, 3.05) is 46.9 Å². The van der Waals surface area contributed by atoms with Crippen LogP contribution in [0.5, 0.6) is 5.75 Å². The number of benzene rings is 1. The summed E-state index contributed by atoms with van der Waals surface area (Å²) >= 11 is 0. The molecule has 2 saturated heterocycles. The zero-order valence-electron chi connectivity index (χ0n) is 22.5. The van der Waals surface area contributed by atoms with Gasteiger partial charge in [-0.2, -0.15) is 0 Å². The molecule has 0 spiro atoms. The highest BCUT2D eigenvalue weighted by atomic mass is 16.5. The maximum absolute atomic E-state index is 9.95. The highest BCUT2D eigenvalue weighted by Crippen LogP contribution is 2.31. The third kappa shape index (κ3) is 9.83. The lowest BCUT2D eigenvalue weighted by atomic mass is 10.1. The number of phenols is 1. The number of fused-ring (bicyclic) bond motifs is 2. The van der Waals surface area contributed by atoms with Gasteiger partial charge < -0.3 is 37.3 Å². The predicted octanol–water partition coefficient (Wildman–Crippen LogP) is 2.85. The van der Waals surface area contributed by atoms with E-state index in [4.69, 9.17) is 21.9 Å². The van der Waals surface area contributed by atoms with Crippen molar-refractivity contribution in [2.24, 2.45) is 17.2 Å². The van der Waals surface area contributed by atoms with E-state index in [1.165, 1.54) is 12.8 Å². The van der Waals surface area contributed by atoms with Gasteiger partial charge in [-0.3, -0.25) is 4.90 Å². The Morgan fingerprint density at radius 1 is 1.09 bits per heavy atom. The number of hydrogen-bond donors (Lipinski definition) is 5. The molecule has 2 aliphatic rings. The second-order valence-electron chi connectivity index (χ2n) is 7.71. The van der Waals surface area contributed by atoms with Crippen LogP contribution in [0.2, 0.25) is 0 Å². The fourth-order valence-electron chi connectivity index (χ4n) is 3.93. The second-order valence-corrected chi connectivity index (χ2v) is 7.71. The van der Waals surface area contributed by atoms with E-state index < -0.39 is 0 Å². The van der Waals surface area contributed by atoms with Gasteiger partial charge in [0.2, 0.25) is 0 Å². The fourth-order valence-corrected chi connectivity index (χ4v) is 3.93. The van der Waals surface area contributed by atoms with Crippen LogP contribution in [0.1, 0.15) is 53.0 Å². The number of para-hydroxylation sites is 1. The molecule has 2 heterocycles. The van der Waals surface area contributed by atoms with Crippen molar-refractivity contribution in [3.8, 4) is 5.75 Å². The normalized spacial score (nSPS) is 19.0. The van der Waals surface area contributed by atoms with E-state index in [-0.39, 0.29) is 11.6 Å². The molecule has 0 aliphatic carbocycles. The van der Waals surface area contributed by atoms with E-state index in [2.05, 4.69) is 22.2 Å². The molecule has 8 heteroatoms. The van der Waals surface area contributed by atoms with Crippen molar-refractivity contribution in [1.29, 1.82) is 0 Å². The van der Waals surface area contributed by atoms with E-state index in [0.29, 0.717) is 23.3 Å². The van der Waals surface area contributed by atoms with E-state index in [1.807, 2.05) is 47.7 Å². The number of nitrogens with zero attached hydrogens (tertiary/aromatic N) is 2. The molecule has 0 aromatic heterocycles. The SMILES string of the molecule is CC.CC.CCOCCNC.CN1C2CCC1CN(C(/C=C(\N)c1ccccc1O)=C(N)N)C2. The van der Waals surface area contributed by atoms with Gasteiger partial charge in [-0.1, -0.05) is 39.8 Å². The number of nitrogens with two attached hydrogens (primary N) is 3. The molecule has 3 rings (SSSR count). The first-order chi connectivity index (χ1) is 16.4. The van der Waals surface area contributed by atoms with Crippen LogP contribution < -0.4 is 22.5 Å². The van der Waals surface area contributed by atoms with Crippen molar-refractivity contribution >= 4 is 5.70 Å². The fraction of sp³-hybridized carbons (Fsp3) is 0.615. The molecule has 1 aromatic carbocycles. The minimum atomic E-state index is 0.148.